The van der Waals surface area contributed by atoms with Crippen LogP contribution in [0.5, 0.6) is 11.6 Å². The van der Waals surface area contributed by atoms with Crippen molar-refractivity contribution in [3.63, 3.8) is 0 Å². The van der Waals surface area contributed by atoms with Gasteiger partial charge in [0.2, 0.25) is 0 Å². The molecule has 1 saturated carbocycles. The van der Waals surface area contributed by atoms with Gasteiger partial charge >= 0.3 is 0 Å². The maximum Gasteiger partial charge on any atom is 0.260 e. The van der Waals surface area contributed by atoms with Crippen LogP contribution in [-0.2, 0) is 5.60 Å². The van der Waals surface area contributed by atoms with Crippen LogP contribution in [-0.4, -0.2) is 46.7 Å². The van der Waals surface area contributed by atoms with Crippen LogP contribution in [0.3, 0.4) is 0 Å². The minimum atomic E-state index is -2.15. The number of hydrogen-bond donors (Lipinski definition) is 2. The largest absolute Gasteiger partial charge is 0.490 e. The number of nitrogens with zero attached hydrogens (tertiary/aromatic N) is 2. The molecule has 2 rings (SSSR count). The molecule has 7 heteroatoms. The van der Waals surface area contributed by atoms with E-state index < -0.39 is 17.9 Å². The Morgan fingerprint density at radius 3 is 2.60 bits per heavy atom. The minimum absolute atomic E-state index is 0.0672. The Morgan fingerprint density at radius 1 is 1.30 bits per heavy atom. The van der Waals surface area contributed by atoms with E-state index in [-0.39, 0.29) is 24.5 Å². The lowest BCUT2D eigenvalue weighted by Crippen LogP contribution is -2.54. The quantitative estimate of drug-likeness (QED) is 0.857. The summed E-state index contributed by atoms with van der Waals surface area (Å²) in [4.78, 5) is 8.02. The molecule has 1 heterocycles. The molecule has 1 fully saturated rings. The number of halogens is 1. The highest BCUT2D eigenvalue weighted by Crippen LogP contribution is 2.46. The molecule has 1 aromatic rings. The Morgan fingerprint density at radius 2 is 2.00 bits per heavy atom. The summed E-state index contributed by atoms with van der Waals surface area (Å²) >= 11 is 0. The van der Waals surface area contributed by atoms with Gasteiger partial charge in [0, 0.05) is 0 Å². The normalized spacial score (nSPS) is 30.1. The highest BCUT2D eigenvalue weighted by Gasteiger charge is 2.55. The molecular formula is C13H19FN2O4. The first-order valence-electron chi connectivity index (χ1n) is 6.48. The third-order valence-corrected chi connectivity index (χ3v) is 3.86. The molecule has 0 amide bonds. The molecule has 1 aliphatic carbocycles. The topological polar surface area (TPSA) is 84.7 Å². The average Bonchev–Trinajstić information content (AvgIpc) is 2.49. The molecule has 6 nitrogen and oxygen atoms in total. The van der Waals surface area contributed by atoms with Crippen molar-refractivity contribution in [1.29, 1.82) is 0 Å². The second-order valence-electron chi connectivity index (χ2n) is 4.96. The fourth-order valence-electron chi connectivity index (χ4n) is 2.58. The molecule has 2 unspecified atom stereocenters. The third kappa shape index (κ3) is 2.20. The molecule has 0 aliphatic heterocycles. The van der Waals surface area contributed by atoms with Crippen molar-refractivity contribution >= 4 is 0 Å². The van der Waals surface area contributed by atoms with E-state index in [0.29, 0.717) is 18.6 Å². The van der Waals surface area contributed by atoms with E-state index in [1.807, 2.05) is 0 Å². The van der Waals surface area contributed by atoms with E-state index in [0.717, 1.165) is 0 Å². The molecule has 1 aliphatic rings. The summed E-state index contributed by atoms with van der Waals surface area (Å²) in [5.74, 6) is 0.326. The van der Waals surface area contributed by atoms with Crippen LogP contribution in [0.2, 0.25) is 0 Å². The predicted octanol–water partition coefficient (Wildman–Crippen LogP) is 0.956. The average molecular weight is 286 g/mol. The molecule has 20 heavy (non-hydrogen) atoms. The van der Waals surface area contributed by atoms with Gasteiger partial charge in [0.1, 0.15) is 0 Å². The predicted molar refractivity (Wildman–Crippen MR) is 68.4 cm³/mol. The lowest BCUT2D eigenvalue weighted by Gasteiger charge is -2.42. The van der Waals surface area contributed by atoms with E-state index in [9.17, 15) is 14.6 Å². The summed E-state index contributed by atoms with van der Waals surface area (Å²) in [6, 6.07) is 0. The van der Waals surface area contributed by atoms with E-state index in [2.05, 4.69) is 9.97 Å². The van der Waals surface area contributed by atoms with Gasteiger partial charge in [-0.05, 0) is 25.7 Å². The second kappa shape index (κ2) is 5.49. The number of hydrogen-bond acceptors (Lipinski definition) is 6. The standard InChI is InChI=1S/C13H19FN2O4/c1-19-9-7-15-11(16-10(9)20-2)13(18)6-4-3-5-12(13,14)8-17/h7,17-18H,3-6,8H2,1-2H3. The van der Waals surface area contributed by atoms with Crippen LogP contribution in [0.4, 0.5) is 4.39 Å². The molecule has 2 atom stereocenters. The number of rotatable bonds is 4. The van der Waals surface area contributed by atoms with Crippen LogP contribution in [0.1, 0.15) is 31.5 Å². The molecular weight excluding hydrogens is 267 g/mol. The van der Waals surface area contributed by atoms with E-state index in [4.69, 9.17) is 9.47 Å². The molecule has 0 radical (unpaired) electrons. The maximum absolute atomic E-state index is 14.8. The summed E-state index contributed by atoms with van der Waals surface area (Å²) in [7, 11) is 2.83. The van der Waals surface area contributed by atoms with Crippen molar-refractivity contribution in [2.45, 2.75) is 37.0 Å². The van der Waals surface area contributed by atoms with Gasteiger partial charge in [0.25, 0.3) is 5.88 Å². The fourth-order valence-corrected chi connectivity index (χ4v) is 2.58. The Hall–Kier alpha value is -1.47. The van der Waals surface area contributed by atoms with Crippen molar-refractivity contribution in [3.05, 3.63) is 12.0 Å². The first-order valence-corrected chi connectivity index (χ1v) is 6.48. The van der Waals surface area contributed by atoms with Gasteiger partial charge in [0.05, 0.1) is 27.0 Å². The van der Waals surface area contributed by atoms with Crippen molar-refractivity contribution in [3.8, 4) is 11.6 Å². The summed E-state index contributed by atoms with van der Waals surface area (Å²) in [5, 5.41) is 20.0. The zero-order valence-electron chi connectivity index (χ0n) is 11.6. The summed E-state index contributed by atoms with van der Waals surface area (Å²) in [6.07, 6.45) is 2.79. The third-order valence-electron chi connectivity index (χ3n) is 3.86. The van der Waals surface area contributed by atoms with Gasteiger partial charge in [0.15, 0.2) is 22.8 Å². The van der Waals surface area contributed by atoms with Gasteiger partial charge < -0.3 is 19.7 Å². The fraction of sp³-hybridized carbons (Fsp3) is 0.692. The van der Waals surface area contributed by atoms with E-state index >= 15 is 0 Å². The van der Waals surface area contributed by atoms with E-state index in [1.54, 1.807) is 0 Å². The highest BCUT2D eigenvalue weighted by atomic mass is 19.1. The molecule has 2 N–H and O–H groups in total. The molecule has 112 valence electrons. The van der Waals surface area contributed by atoms with Gasteiger partial charge in [-0.2, -0.15) is 4.98 Å². The number of alkyl halides is 1. The summed E-state index contributed by atoms with van der Waals surface area (Å²) in [6.45, 7) is -0.777. The molecule has 0 spiro atoms. The van der Waals surface area contributed by atoms with Crippen LogP contribution in [0.15, 0.2) is 6.20 Å². The Labute approximate surface area is 116 Å². The van der Waals surface area contributed by atoms with Gasteiger partial charge in [-0.25, -0.2) is 9.37 Å². The zero-order chi connectivity index (χ0) is 14.8. The first-order chi connectivity index (χ1) is 9.50. The zero-order valence-corrected chi connectivity index (χ0v) is 11.6. The summed E-state index contributed by atoms with van der Waals surface area (Å²) < 4.78 is 24.9. The Bertz CT molecular complexity index is 487. The molecule has 0 saturated heterocycles. The van der Waals surface area contributed by atoms with Gasteiger partial charge in [-0.1, -0.05) is 0 Å². The second-order valence-corrected chi connectivity index (χ2v) is 4.96. The number of aliphatic hydroxyl groups excluding tert-OH is 1. The summed E-state index contributed by atoms with van der Waals surface area (Å²) in [5.41, 5.74) is -4.07. The Kier molecular flexibility index (Phi) is 4.10. The lowest BCUT2D eigenvalue weighted by molar-refractivity contribution is -0.161. The number of aliphatic hydroxyl groups is 2. The highest BCUT2D eigenvalue weighted by molar-refractivity contribution is 5.32. The number of aromatic nitrogens is 2. The van der Waals surface area contributed by atoms with Crippen molar-refractivity contribution in [2.75, 3.05) is 20.8 Å². The smallest absolute Gasteiger partial charge is 0.260 e. The van der Waals surface area contributed by atoms with Crippen LogP contribution in [0, 0.1) is 0 Å². The molecule has 0 bridgehead atoms. The van der Waals surface area contributed by atoms with Crippen molar-refractivity contribution < 1.29 is 24.1 Å². The van der Waals surface area contributed by atoms with Gasteiger partial charge in [-0.3, -0.25) is 0 Å². The van der Waals surface area contributed by atoms with Crippen molar-refractivity contribution in [2.24, 2.45) is 0 Å². The number of ether oxygens (including phenoxy) is 2. The van der Waals surface area contributed by atoms with Crippen LogP contribution in [0.25, 0.3) is 0 Å². The lowest BCUT2D eigenvalue weighted by atomic mass is 9.72. The van der Waals surface area contributed by atoms with Crippen LogP contribution < -0.4 is 9.47 Å². The van der Waals surface area contributed by atoms with E-state index in [1.165, 1.54) is 20.4 Å². The minimum Gasteiger partial charge on any atom is -0.490 e. The number of methoxy groups -OCH3 is 2. The Balaban J connectivity index is 2.47. The maximum atomic E-state index is 14.8. The molecule has 0 aromatic carbocycles. The van der Waals surface area contributed by atoms with Crippen LogP contribution >= 0.6 is 0 Å². The van der Waals surface area contributed by atoms with Gasteiger partial charge in [-0.15, -0.1) is 0 Å². The first kappa shape index (κ1) is 14.9. The van der Waals surface area contributed by atoms with Crippen molar-refractivity contribution in [1.82, 2.24) is 9.97 Å². The SMILES string of the molecule is COc1cnc(C2(O)CCCCC2(F)CO)nc1OC. The monoisotopic (exact) mass is 286 g/mol. The molecule has 1 aromatic heterocycles.